The number of benzene rings is 2. The number of carbonyl (C=O) groups excluding carboxylic acids is 2. The molecule has 2 aromatic carbocycles. The molecule has 0 unspecified atom stereocenters. The van der Waals surface area contributed by atoms with Crippen LogP contribution in [0.4, 0.5) is 5.69 Å². The molecule has 2 aliphatic rings. The first kappa shape index (κ1) is 21.2. The lowest BCUT2D eigenvalue weighted by Crippen LogP contribution is -2.58. The van der Waals surface area contributed by atoms with E-state index in [1.807, 2.05) is 43.0 Å². The van der Waals surface area contributed by atoms with Crippen LogP contribution in [0.5, 0.6) is 5.75 Å². The van der Waals surface area contributed by atoms with Crippen molar-refractivity contribution in [3.05, 3.63) is 56.2 Å². The lowest BCUT2D eigenvalue weighted by atomic mass is 9.79. The Morgan fingerprint density at radius 3 is 2.53 bits per heavy atom. The summed E-state index contributed by atoms with van der Waals surface area (Å²) in [4.78, 5) is 28.9. The van der Waals surface area contributed by atoms with Gasteiger partial charge in [-0.3, -0.25) is 9.59 Å². The van der Waals surface area contributed by atoms with Gasteiger partial charge in [0.25, 0.3) is 5.91 Å². The van der Waals surface area contributed by atoms with Gasteiger partial charge in [0.15, 0.2) is 0 Å². The van der Waals surface area contributed by atoms with E-state index in [1.54, 1.807) is 7.11 Å². The van der Waals surface area contributed by atoms with E-state index in [4.69, 9.17) is 4.74 Å². The average molecular weight is 518 g/mol. The van der Waals surface area contributed by atoms with E-state index in [0.29, 0.717) is 25.1 Å². The molecular weight excluding hydrogens is 491 g/mol. The number of anilines is 1. The summed E-state index contributed by atoms with van der Waals surface area (Å²) in [6.07, 6.45) is 4.37. The third kappa shape index (κ3) is 3.59. The van der Waals surface area contributed by atoms with E-state index in [9.17, 15) is 9.59 Å². The van der Waals surface area contributed by atoms with Crippen LogP contribution in [0.15, 0.2) is 30.3 Å². The molecule has 1 N–H and O–H groups in total. The van der Waals surface area contributed by atoms with E-state index in [-0.39, 0.29) is 11.8 Å². The normalized spacial score (nSPS) is 17.6. The van der Waals surface area contributed by atoms with Gasteiger partial charge >= 0.3 is 0 Å². The van der Waals surface area contributed by atoms with Crippen molar-refractivity contribution in [1.82, 2.24) is 4.90 Å². The fourth-order valence-electron chi connectivity index (χ4n) is 4.80. The molecule has 1 saturated carbocycles. The SMILES string of the molecule is COc1cc(NC(=O)C2(N3Cc4c(C)cc(I)cc4C3=O)CCCCC2)ccc1C. The minimum Gasteiger partial charge on any atom is -0.496 e. The number of carbonyl (C=O) groups is 2. The molecule has 5 nitrogen and oxygen atoms in total. The van der Waals surface area contributed by atoms with Crippen LogP contribution >= 0.6 is 22.6 Å². The van der Waals surface area contributed by atoms with Crippen molar-refractivity contribution in [2.75, 3.05) is 12.4 Å². The smallest absolute Gasteiger partial charge is 0.255 e. The highest BCUT2D eigenvalue weighted by molar-refractivity contribution is 14.1. The van der Waals surface area contributed by atoms with Gasteiger partial charge in [0.2, 0.25) is 5.91 Å². The van der Waals surface area contributed by atoms with Gasteiger partial charge in [-0.15, -0.1) is 0 Å². The van der Waals surface area contributed by atoms with Crippen LogP contribution < -0.4 is 10.1 Å². The van der Waals surface area contributed by atoms with E-state index in [0.717, 1.165) is 50.8 Å². The number of nitrogens with one attached hydrogen (secondary N) is 1. The van der Waals surface area contributed by atoms with Crippen molar-refractivity contribution < 1.29 is 14.3 Å². The first-order valence-electron chi connectivity index (χ1n) is 10.4. The Morgan fingerprint density at radius 2 is 1.83 bits per heavy atom. The van der Waals surface area contributed by atoms with Gasteiger partial charge in [-0.25, -0.2) is 0 Å². The average Bonchev–Trinajstić information content (AvgIpc) is 3.07. The number of rotatable bonds is 4. The fraction of sp³-hybridized carbons (Fsp3) is 0.417. The Labute approximate surface area is 191 Å². The van der Waals surface area contributed by atoms with Gasteiger partial charge < -0.3 is 15.0 Å². The van der Waals surface area contributed by atoms with Gasteiger partial charge in [0.1, 0.15) is 11.3 Å². The quantitative estimate of drug-likeness (QED) is 0.566. The molecule has 0 saturated heterocycles. The van der Waals surface area contributed by atoms with Crippen LogP contribution in [0, 0.1) is 17.4 Å². The number of methoxy groups -OCH3 is 1. The molecule has 158 valence electrons. The number of aryl methyl sites for hydroxylation is 2. The zero-order chi connectivity index (χ0) is 21.5. The van der Waals surface area contributed by atoms with Crippen molar-refractivity contribution in [2.45, 2.75) is 58.0 Å². The summed E-state index contributed by atoms with van der Waals surface area (Å²) in [7, 11) is 1.63. The lowest BCUT2D eigenvalue weighted by molar-refractivity contribution is -0.129. The third-order valence-corrected chi connectivity index (χ3v) is 7.14. The predicted octanol–water partition coefficient (Wildman–Crippen LogP) is 5.21. The molecule has 2 aromatic rings. The summed E-state index contributed by atoms with van der Waals surface area (Å²) >= 11 is 2.25. The molecule has 0 radical (unpaired) electrons. The summed E-state index contributed by atoms with van der Waals surface area (Å²) in [5.74, 6) is 0.618. The van der Waals surface area contributed by atoms with Gasteiger partial charge in [-0.05, 0) is 84.2 Å². The van der Waals surface area contributed by atoms with Crippen molar-refractivity contribution >= 4 is 40.1 Å². The first-order valence-corrected chi connectivity index (χ1v) is 11.5. The van der Waals surface area contributed by atoms with E-state index >= 15 is 0 Å². The molecule has 6 heteroatoms. The fourth-order valence-corrected chi connectivity index (χ4v) is 5.57. The molecule has 0 atom stereocenters. The highest BCUT2D eigenvalue weighted by atomic mass is 127. The number of nitrogens with zero attached hydrogens (tertiary/aromatic N) is 1. The lowest BCUT2D eigenvalue weighted by Gasteiger charge is -2.43. The maximum absolute atomic E-state index is 13.7. The van der Waals surface area contributed by atoms with E-state index in [1.165, 1.54) is 0 Å². The predicted molar refractivity (Wildman–Crippen MR) is 126 cm³/mol. The zero-order valence-corrected chi connectivity index (χ0v) is 19.8. The second-order valence-corrected chi connectivity index (χ2v) is 9.62. The van der Waals surface area contributed by atoms with Crippen molar-refractivity contribution in [3.8, 4) is 5.75 Å². The molecule has 1 aliphatic heterocycles. The van der Waals surface area contributed by atoms with E-state index < -0.39 is 5.54 Å². The molecule has 2 amide bonds. The van der Waals surface area contributed by atoms with Crippen LogP contribution in [0.25, 0.3) is 0 Å². The van der Waals surface area contributed by atoms with Crippen molar-refractivity contribution in [1.29, 1.82) is 0 Å². The molecule has 1 fully saturated rings. The Hall–Kier alpha value is -2.09. The summed E-state index contributed by atoms with van der Waals surface area (Å²) in [5, 5.41) is 3.09. The van der Waals surface area contributed by atoms with E-state index in [2.05, 4.69) is 34.0 Å². The molecule has 0 spiro atoms. The second-order valence-electron chi connectivity index (χ2n) is 8.37. The summed E-state index contributed by atoms with van der Waals surface area (Å²) < 4.78 is 6.45. The molecule has 4 rings (SSSR count). The van der Waals surface area contributed by atoms with Gasteiger partial charge in [-0.1, -0.05) is 25.3 Å². The molecule has 0 aromatic heterocycles. The Bertz CT molecular complexity index is 1010. The van der Waals surface area contributed by atoms with Crippen LogP contribution in [-0.4, -0.2) is 29.4 Å². The monoisotopic (exact) mass is 518 g/mol. The topological polar surface area (TPSA) is 58.6 Å². The number of ether oxygens (including phenoxy) is 1. The number of fused-ring (bicyclic) bond motifs is 1. The highest BCUT2D eigenvalue weighted by Crippen LogP contribution is 2.41. The van der Waals surface area contributed by atoms with Crippen LogP contribution in [-0.2, 0) is 11.3 Å². The van der Waals surface area contributed by atoms with Crippen LogP contribution in [0.2, 0.25) is 0 Å². The molecule has 1 aliphatic carbocycles. The minimum atomic E-state index is -0.815. The maximum Gasteiger partial charge on any atom is 0.255 e. The molecule has 1 heterocycles. The Morgan fingerprint density at radius 1 is 1.10 bits per heavy atom. The number of hydrogen-bond acceptors (Lipinski definition) is 3. The summed E-state index contributed by atoms with van der Waals surface area (Å²) in [5.41, 5.74) is 3.80. The van der Waals surface area contributed by atoms with Crippen LogP contribution in [0.3, 0.4) is 0 Å². The molecular formula is C24H27IN2O3. The standard InChI is InChI=1S/C24H27IN2O3/c1-15-7-8-18(13-21(15)30-3)26-23(29)24(9-5-4-6-10-24)27-14-20-16(2)11-17(25)12-19(20)22(27)28/h7-8,11-13H,4-6,9-10,14H2,1-3H3,(H,26,29). The van der Waals surface area contributed by atoms with Crippen molar-refractivity contribution in [3.63, 3.8) is 0 Å². The molecule has 0 bridgehead atoms. The van der Waals surface area contributed by atoms with Crippen LogP contribution in [0.1, 0.15) is 59.2 Å². The number of halogens is 1. The Balaban J connectivity index is 1.68. The van der Waals surface area contributed by atoms with Gasteiger partial charge in [0, 0.05) is 27.4 Å². The number of amides is 2. The number of hydrogen-bond donors (Lipinski definition) is 1. The van der Waals surface area contributed by atoms with Crippen molar-refractivity contribution in [2.24, 2.45) is 0 Å². The summed E-state index contributed by atoms with van der Waals surface area (Å²) in [6.45, 7) is 4.52. The van der Waals surface area contributed by atoms with Gasteiger partial charge in [-0.2, -0.15) is 0 Å². The zero-order valence-electron chi connectivity index (χ0n) is 17.7. The largest absolute Gasteiger partial charge is 0.496 e. The highest BCUT2D eigenvalue weighted by Gasteiger charge is 2.50. The second kappa shape index (κ2) is 8.21. The summed E-state index contributed by atoms with van der Waals surface area (Å²) in [6, 6.07) is 9.72. The third-order valence-electron chi connectivity index (χ3n) is 6.52. The minimum absolute atomic E-state index is 0.0230. The van der Waals surface area contributed by atoms with Gasteiger partial charge in [0.05, 0.1) is 7.11 Å². The maximum atomic E-state index is 13.7. The first-order chi connectivity index (χ1) is 14.4. The molecule has 30 heavy (non-hydrogen) atoms. The Kier molecular flexibility index (Phi) is 5.79.